The number of carbonyl (C=O) groups is 2. The second-order valence-corrected chi connectivity index (χ2v) is 5.56. The van der Waals surface area contributed by atoms with E-state index in [1.165, 1.54) is 11.0 Å². The zero-order valence-corrected chi connectivity index (χ0v) is 12.6. The molecule has 106 valence electrons. The van der Waals surface area contributed by atoms with Crippen molar-refractivity contribution in [2.75, 3.05) is 11.4 Å². The molecule has 1 aliphatic rings. The van der Waals surface area contributed by atoms with E-state index in [-0.39, 0.29) is 5.56 Å². The summed E-state index contributed by atoms with van der Waals surface area (Å²) in [5.41, 5.74) is 0.637. The van der Waals surface area contributed by atoms with Crippen LogP contribution in [0.3, 0.4) is 0 Å². The smallest absolute Gasteiger partial charge is 0.299 e. The lowest BCUT2D eigenvalue weighted by molar-refractivity contribution is -0.114. The van der Waals surface area contributed by atoms with Gasteiger partial charge >= 0.3 is 0 Å². The number of nitrogens with zero attached hydrogens (tertiary/aromatic N) is 1. The van der Waals surface area contributed by atoms with E-state index in [0.717, 1.165) is 31.7 Å². The van der Waals surface area contributed by atoms with Crippen molar-refractivity contribution >= 4 is 33.3 Å². The van der Waals surface area contributed by atoms with Crippen molar-refractivity contribution in [3.8, 4) is 0 Å². The minimum Gasteiger partial charge on any atom is -0.304 e. The van der Waals surface area contributed by atoms with Gasteiger partial charge in [0.2, 0.25) is 0 Å². The Hall–Kier alpha value is -1.49. The van der Waals surface area contributed by atoms with Crippen molar-refractivity contribution in [2.24, 2.45) is 0 Å². The minimum atomic E-state index is -0.633. The Morgan fingerprint density at radius 1 is 1.25 bits per heavy atom. The van der Waals surface area contributed by atoms with Gasteiger partial charge in [0.1, 0.15) is 5.82 Å². The number of carbonyl (C=O) groups excluding carboxylic acids is 2. The van der Waals surface area contributed by atoms with Gasteiger partial charge < -0.3 is 4.90 Å². The molecule has 0 saturated carbocycles. The fraction of sp³-hybridized carbons (Fsp3) is 0.333. The standard InChI is InChI=1S/C15H15BrFNO2/c1-2-3-4-5-6-7-18-13-11(14(19)15(18)20)8-10(17)9-12(13)16/h2,8-9H,1,3-7H2. The quantitative estimate of drug-likeness (QED) is 0.448. The first-order chi connectivity index (χ1) is 9.56. The maximum atomic E-state index is 13.3. The molecule has 0 spiro atoms. The fourth-order valence-corrected chi connectivity index (χ4v) is 2.95. The number of unbranched alkanes of at least 4 members (excludes halogenated alkanes) is 3. The maximum absolute atomic E-state index is 13.3. The number of halogens is 2. The molecular weight excluding hydrogens is 325 g/mol. The number of fused-ring (bicyclic) bond motifs is 1. The van der Waals surface area contributed by atoms with E-state index < -0.39 is 17.5 Å². The molecule has 0 aliphatic carbocycles. The van der Waals surface area contributed by atoms with Crippen molar-refractivity contribution in [2.45, 2.75) is 25.7 Å². The van der Waals surface area contributed by atoms with Crippen molar-refractivity contribution in [3.63, 3.8) is 0 Å². The lowest BCUT2D eigenvalue weighted by atomic mass is 10.1. The molecule has 0 radical (unpaired) electrons. The summed E-state index contributed by atoms with van der Waals surface area (Å²) in [5.74, 6) is -1.73. The summed E-state index contributed by atoms with van der Waals surface area (Å²) in [6.07, 6.45) is 5.57. The van der Waals surface area contributed by atoms with Crippen LogP contribution in [0.4, 0.5) is 10.1 Å². The third-order valence-corrected chi connectivity index (χ3v) is 3.88. The number of rotatable bonds is 6. The van der Waals surface area contributed by atoms with Crippen LogP contribution in [0.1, 0.15) is 36.0 Å². The van der Waals surface area contributed by atoms with Crippen LogP contribution < -0.4 is 4.90 Å². The summed E-state index contributed by atoms with van der Waals surface area (Å²) in [4.78, 5) is 25.3. The van der Waals surface area contributed by atoms with Crippen LogP contribution >= 0.6 is 15.9 Å². The number of allylic oxidation sites excluding steroid dienone is 1. The number of hydrogen-bond acceptors (Lipinski definition) is 2. The lowest BCUT2D eigenvalue weighted by Crippen LogP contribution is -2.30. The number of benzene rings is 1. The largest absolute Gasteiger partial charge is 0.304 e. The van der Waals surface area contributed by atoms with E-state index in [2.05, 4.69) is 22.5 Å². The van der Waals surface area contributed by atoms with Gasteiger partial charge in [-0.15, -0.1) is 6.58 Å². The molecule has 1 aliphatic heterocycles. The predicted octanol–water partition coefficient (Wildman–Crippen LogP) is 3.86. The molecule has 0 fully saturated rings. The number of amides is 1. The molecule has 0 unspecified atom stereocenters. The van der Waals surface area contributed by atoms with Crippen LogP contribution in [0.15, 0.2) is 29.3 Å². The van der Waals surface area contributed by atoms with Gasteiger partial charge in [-0.3, -0.25) is 9.59 Å². The second kappa shape index (κ2) is 6.31. The van der Waals surface area contributed by atoms with Crippen molar-refractivity contribution in [3.05, 3.63) is 40.6 Å². The number of hydrogen-bond donors (Lipinski definition) is 0. The van der Waals surface area contributed by atoms with Crippen LogP contribution in [0.25, 0.3) is 0 Å². The number of ketones is 1. The van der Waals surface area contributed by atoms with Gasteiger partial charge in [0.05, 0.1) is 11.3 Å². The van der Waals surface area contributed by atoms with Gasteiger partial charge in [-0.1, -0.05) is 12.5 Å². The Morgan fingerprint density at radius 3 is 2.70 bits per heavy atom. The van der Waals surface area contributed by atoms with Crippen molar-refractivity contribution in [1.82, 2.24) is 0 Å². The first-order valence-electron chi connectivity index (χ1n) is 6.52. The van der Waals surface area contributed by atoms with Crippen LogP contribution in [0, 0.1) is 5.82 Å². The minimum absolute atomic E-state index is 0.146. The van der Waals surface area contributed by atoms with Gasteiger partial charge in [0.25, 0.3) is 11.7 Å². The molecule has 1 amide bonds. The van der Waals surface area contributed by atoms with E-state index in [4.69, 9.17) is 0 Å². The van der Waals surface area contributed by atoms with Crippen LogP contribution in [0.5, 0.6) is 0 Å². The van der Waals surface area contributed by atoms with E-state index >= 15 is 0 Å². The highest BCUT2D eigenvalue weighted by atomic mass is 79.9. The molecule has 1 heterocycles. The monoisotopic (exact) mass is 339 g/mol. The Labute approximate surface area is 125 Å². The summed E-state index contributed by atoms with van der Waals surface area (Å²) in [7, 11) is 0. The summed E-state index contributed by atoms with van der Waals surface area (Å²) in [6, 6.07) is 2.40. The predicted molar refractivity (Wildman–Crippen MR) is 79.4 cm³/mol. The van der Waals surface area contributed by atoms with Crippen LogP contribution in [0.2, 0.25) is 0 Å². The molecule has 20 heavy (non-hydrogen) atoms. The van der Waals surface area contributed by atoms with E-state index in [1.807, 2.05) is 6.08 Å². The number of Topliss-reactive ketones (excluding diaryl/α,β-unsaturated/α-hetero) is 1. The molecule has 1 aromatic carbocycles. The average molecular weight is 340 g/mol. The van der Waals surface area contributed by atoms with Crippen LogP contribution in [-0.2, 0) is 4.79 Å². The number of anilines is 1. The highest BCUT2D eigenvalue weighted by Gasteiger charge is 2.37. The SMILES string of the molecule is C=CCCCCCN1C(=O)C(=O)c2cc(F)cc(Br)c21. The highest BCUT2D eigenvalue weighted by Crippen LogP contribution is 2.37. The third-order valence-electron chi connectivity index (χ3n) is 3.27. The van der Waals surface area contributed by atoms with Gasteiger partial charge in [-0.25, -0.2) is 4.39 Å². The molecule has 0 bridgehead atoms. The van der Waals surface area contributed by atoms with E-state index in [0.29, 0.717) is 16.7 Å². The molecular formula is C15H15BrFNO2. The zero-order valence-electron chi connectivity index (χ0n) is 11.0. The topological polar surface area (TPSA) is 37.4 Å². The van der Waals surface area contributed by atoms with Crippen LogP contribution in [-0.4, -0.2) is 18.2 Å². The Bertz CT molecular complexity index is 571. The van der Waals surface area contributed by atoms with Gasteiger partial charge in [-0.2, -0.15) is 0 Å². The summed E-state index contributed by atoms with van der Waals surface area (Å²) < 4.78 is 13.8. The fourth-order valence-electron chi connectivity index (χ4n) is 2.30. The zero-order chi connectivity index (χ0) is 14.7. The second-order valence-electron chi connectivity index (χ2n) is 4.71. The summed E-state index contributed by atoms with van der Waals surface area (Å²) in [5, 5.41) is 0. The molecule has 0 atom stereocenters. The van der Waals surface area contributed by atoms with E-state index in [9.17, 15) is 14.0 Å². The van der Waals surface area contributed by atoms with Gasteiger partial charge in [0, 0.05) is 11.0 Å². The molecule has 5 heteroatoms. The highest BCUT2D eigenvalue weighted by molar-refractivity contribution is 9.10. The molecule has 2 rings (SSSR count). The van der Waals surface area contributed by atoms with Gasteiger partial charge in [0.15, 0.2) is 0 Å². The Morgan fingerprint density at radius 2 is 2.00 bits per heavy atom. The summed E-state index contributed by atoms with van der Waals surface area (Å²) >= 11 is 3.23. The maximum Gasteiger partial charge on any atom is 0.299 e. The van der Waals surface area contributed by atoms with Crippen molar-refractivity contribution < 1.29 is 14.0 Å². The lowest BCUT2D eigenvalue weighted by Gasteiger charge is -2.17. The first-order valence-corrected chi connectivity index (χ1v) is 7.31. The van der Waals surface area contributed by atoms with Crippen molar-refractivity contribution in [1.29, 1.82) is 0 Å². The first kappa shape index (κ1) is 14.9. The third kappa shape index (κ3) is 2.82. The molecule has 1 aromatic rings. The summed E-state index contributed by atoms with van der Waals surface area (Å²) in [6.45, 7) is 4.13. The molecule has 0 saturated heterocycles. The molecule has 0 aromatic heterocycles. The van der Waals surface area contributed by atoms with E-state index in [1.54, 1.807) is 0 Å². The molecule has 0 N–H and O–H groups in total. The Kier molecular flexibility index (Phi) is 4.70. The normalized spacial score (nSPS) is 13.8. The molecule has 3 nitrogen and oxygen atoms in total. The van der Waals surface area contributed by atoms with Gasteiger partial charge in [-0.05, 0) is 47.3 Å². The average Bonchev–Trinajstić information content (AvgIpc) is 2.64. The Balaban J connectivity index is 2.14.